The van der Waals surface area contributed by atoms with E-state index in [0.717, 1.165) is 0 Å². The van der Waals surface area contributed by atoms with Gasteiger partial charge < -0.3 is 14.6 Å². The summed E-state index contributed by atoms with van der Waals surface area (Å²) in [5, 5.41) is 4.61. The Balaban J connectivity index is 0.00000192. The Kier molecular flexibility index (Phi) is 5.04. The minimum Gasteiger partial charge on any atom is -0.394 e. The summed E-state index contributed by atoms with van der Waals surface area (Å²) in [6.45, 7) is 0. The van der Waals surface area contributed by atoms with Crippen molar-refractivity contribution in [1.82, 2.24) is 15.4 Å². The molecule has 1 saturated heterocycles. The number of nitrogens with zero attached hydrogens (tertiary/aromatic N) is 1. The molecular formula is C14H13FN3O4W-. The Hall–Kier alpha value is -1.95. The fourth-order valence-corrected chi connectivity index (χ4v) is 2.37. The number of carbonyl (C=O) groups is 3. The van der Waals surface area contributed by atoms with Gasteiger partial charge in [0.05, 0.1) is 11.7 Å². The molecule has 1 aliphatic carbocycles. The standard InChI is InChI=1S/C14H13FN3O4.W/c1-18-10-6-8(15)4-7(5-11(10)22-18)13(20)16-9-2-3-12(19)17-14(9)21;/h5,9H,2-3,6H2,1H3,(H,16,20)(H,17,19,21);/q-1;. The zero-order valence-corrected chi connectivity index (χ0v) is 15.1. The normalized spacial score (nSPS) is 20.5. The second-order valence-electron chi connectivity index (χ2n) is 5.14. The van der Waals surface area contributed by atoms with Crippen molar-refractivity contribution in [3.63, 3.8) is 0 Å². The summed E-state index contributed by atoms with van der Waals surface area (Å²) in [4.78, 5) is 34.9. The third-order valence-corrected chi connectivity index (χ3v) is 3.56. The fraction of sp³-hybridized carbons (Fsp3) is 0.357. The van der Waals surface area contributed by atoms with Crippen LogP contribution in [0.1, 0.15) is 24.3 Å². The smallest absolute Gasteiger partial charge is 0.248 e. The minimum atomic E-state index is -0.822. The monoisotopic (exact) mass is 490 g/mol. The van der Waals surface area contributed by atoms with Crippen LogP contribution in [-0.2, 0) is 48.9 Å². The molecule has 2 heterocycles. The predicted molar refractivity (Wildman–Crippen MR) is 71.5 cm³/mol. The first kappa shape index (κ1) is 17.4. The third-order valence-electron chi connectivity index (χ3n) is 3.56. The van der Waals surface area contributed by atoms with Crippen molar-refractivity contribution in [3.05, 3.63) is 28.9 Å². The van der Waals surface area contributed by atoms with E-state index in [1.54, 1.807) is 7.05 Å². The molecule has 0 radical (unpaired) electrons. The fourth-order valence-electron chi connectivity index (χ4n) is 2.37. The van der Waals surface area contributed by atoms with E-state index in [9.17, 15) is 18.8 Å². The Labute approximate surface area is 145 Å². The minimum absolute atomic E-state index is 0. The van der Waals surface area contributed by atoms with E-state index < -0.39 is 23.7 Å². The molecule has 3 amide bonds. The van der Waals surface area contributed by atoms with Gasteiger partial charge in [0.15, 0.2) is 0 Å². The summed E-state index contributed by atoms with van der Waals surface area (Å²) in [5.41, 5.74) is 0.564. The van der Waals surface area contributed by atoms with Gasteiger partial charge in [-0.05, 0) is 6.42 Å². The molecule has 0 spiro atoms. The maximum Gasteiger partial charge on any atom is 0.248 e. The Bertz CT molecular complexity index is 731. The molecule has 1 atom stereocenters. The van der Waals surface area contributed by atoms with Crippen LogP contribution in [0.5, 0.6) is 0 Å². The van der Waals surface area contributed by atoms with E-state index in [1.807, 2.05) is 0 Å². The number of hydrogen-bond acceptors (Lipinski definition) is 4. The summed E-state index contributed by atoms with van der Waals surface area (Å²) in [5.74, 6) is -1.78. The van der Waals surface area contributed by atoms with Crippen LogP contribution in [0.4, 0.5) is 4.39 Å². The average Bonchev–Trinajstić information content (AvgIpc) is 2.59. The van der Waals surface area contributed by atoms with E-state index in [-0.39, 0.29) is 51.8 Å². The number of aromatic nitrogens is 1. The summed E-state index contributed by atoms with van der Waals surface area (Å²) in [6, 6.07) is -0.822. The first-order valence-corrected chi connectivity index (χ1v) is 6.73. The zero-order valence-electron chi connectivity index (χ0n) is 12.1. The van der Waals surface area contributed by atoms with E-state index >= 15 is 0 Å². The SMILES string of the molecule is Cn1oc2c1CC(F)=[C-]C(C(=O)NC1CCC(=O)NC1=O)=C2.[W]. The largest absolute Gasteiger partial charge is 0.394 e. The number of imide groups is 1. The molecule has 1 aromatic heterocycles. The van der Waals surface area contributed by atoms with E-state index in [2.05, 4.69) is 16.7 Å². The number of carbonyl (C=O) groups excluding carboxylic acids is 3. The van der Waals surface area contributed by atoms with Gasteiger partial charge in [0.1, 0.15) is 11.7 Å². The maximum atomic E-state index is 13.7. The summed E-state index contributed by atoms with van der Waals surface area (Å²) in [7, 11) is 1.63. The van der Waals surface area contributed by atoms with Crippen molar-refractivity contribution >= 4 is 23.8 Å². The summed E-state index contributed by atoms with van der Waals surface area (Å²) >= 11 is 0. The van der Waals surface area contributed by atoms with Gasteiger partial charge in [-0.3, -0.25) is 14.9 Å². The molecule has 7 nitrogen and oxygen atoms in total. The van der Waals surface area contributed by atoms with Crippen molar-refractivity contribution in [1.29, 1.82) is 0 Å². The quantitative estimate of drug-likeness (QED) is 0.456. The Morgan fingerprint density at radius 1 is 1.52 bits per heavy atom. The van der Waals surface area contributed by atoms with Gasteiger partial charge in [0.2, 0.25) is 11.8 Å². The van der Waals surface area contributed by atoms with E-state index in [0.29, 0.717) is 11.5 Å². The van der Waals surface area contributed by atoms with Crippen molar-refractivity contribution in [3.8, 4) is 0 Å². The van der Waals surface area contributed by atoms with Crippen LogP contribution in [-0.4, -0.2) is 28.5 Å². The second-order valence-corrected chi connectivity index (χ2v) is 5.14. The molecule has 2 aliphatic rings. The number of piperidine rings is 1. The maximum absolute atomic E-state index is 13.7. The molecule has 1 aromatic rings. The number of nitrogens with one attached hydrogen (secondary N) is 2. The van der Waals surface area contributed by atoms with Gasteiger partial charge >= 0.3 is 0 Å². The summed E-state index contributed by atoms with van der Waals surface area (Å²) < 4.78 is 20.3. The van der Waals surface area contributed by atoms with Gasteiger partial charge in [0, 0.05) is 46.8 Å². The van der Waals surface area contributed by atoms with Crippen LogP contribution in [0, 0.1) is 6.08 Å². The van der Waals surface area contributed by atoms with E-state index in [4.69, 9.17) is 4.52 Å². The van der Waals surface area contributed by atoms with Crippen LogP contribution in [0.15, 0.2) is 15.9 Å². The van der Waals surface area contributed by atoms with Crippen LogP contribution < -0.4 is 10.6 Å². The van der Waals surface area contributed by atoms with Crippen molar-refractivity contribution in [2.45, 2.75) is 25.3 Å². The number of halogens is 1. The molecule has 23 heavy (non-hydrogen) atoms. The molecule has 1 fully saturated rings. The first-order valence-electron chi connectivity index (χ1n) is 6.73. The molecule has 3 rings (SSSR count). The first-order chi connectivity index (χ1) is 10.4. The molecule has 2 N–H and O–H groups in total. The molecule has 0 saturated carbocycles. The van der Waals surface area contributed by atoms with Crippen molar-refractivity contribution < 1.29 is 44.4 Å². The molecule has 1 unspecified atom stereocenters. The predicted octanol–water partition coefficient (Wildman–Crippen LogP) is 0.133. The van der Waals surface area contributed by atoms with Crippen LogP contribution in [0.3, 0.4) is 0 Å². The molecule has 9 heteroatoms. The Morgan fingerprint density at radius 3 is 2.91 bits per heavy atom. The molecule has 0 aromatic carbocycles. The van der Waals surface area contributed by atoms with Gasteiger partial charge in [-0.2, -0.15) is 0 Å². The summed E-state index contributed by atoms with van der Waals surface area (Å²) in [6.07, 6.45) is 4.10. The number of allylic oxidation sites excluding steroid dienone is 1. The van der Waals surface area contributed by atoms with Crippen LogP contribution in [0.2, 0.25) is 0 Å². The number of aryl methyl sites for hydroxylation is 1. The number of amides is 3. The van der Waals surface area contributed by atoms with Crippen LogP contribution in [0.25, 0.3) is 6.08 Å². The van der Waals surface area contributed by atoms with Gasteiger partial charge in [-0.25, -0.2) is 9.13 Å². The molecule has 122 valence electrons. The second kappa shape index (κ2) is 6.66. The molecule has 1 aliphatic heterocycles. The van der Waals surface area contributed by atoms with Crippen LogP contribution >= 0.6 is 0 Å². The topological polar surface area (TPSA) is 93.3 Å². The number of hydrogen-bond donors (Lipinski definition) is 2. The number of rotatable bonds is 2. The van der Waals surface area contributed by atoms with Gasteiger partial charge in [-0.15, -0.1) is 17.7 Å². The van der Waals surface area contributed by atoms with E-state index in [1.165, 1.54) is 10.8 Å². The van der Waals surface area contributed by atoms with Gasteiger partial charge in [-0.1, -0.05) is 0 Å². The van der Waals surface area contributed by atoms with Crippen molar-refractivity contribution in [2.24, 2.45) is 7.05 Å². The number of fused-ring (bicyclic) bond motifs is 1. The van der Waals surface area contributed by atoms with Gasteiger partial charge in [0.25, 0.3) is 0 Å². The zero-order chi connectivity index (χ0) is 15.9. The van der Waals surface area contributed by atoms with Crippen molar-refractivity contribution in [2.75, 3.05) is 0 Å². The Morgan fingerprint density at radius 2 is 2.26 bits per heavy atom. The third kappa shape index (κ3) is 3.52. The average molecular weight is 490 g/mol. The molecular weight excluding hydrogens is 477 g/mol. The molecule has 0 bridgehead atoms.